The van der Waals surface area contributed by atoms with Crippen LogP contribution < -0.4 is 10.6 Å². The van der Waals surface area contributed by atoms with Gasteiger partial charge in [-0.25, -0.2) is 4.79 Å². The molecule has 0 bridgehead atoms. The molecule has 0 heterocycles. The third-order valence-corrected chi connectivity index (χ3v) is 2.52. The molecule has 0 unspecified atom stereocenters. The fourth-order valence-electron chi connectivity index (χ4n) is 1.50. The molecule has 0 fully saturated rings. The van der Waals surface area contributed by atoms with Crippen LogP contribution in [0.1, 0.15) is 18.1 Å². The first-order valence-electron chi connectivity index (χ1n) is 6.34. The van der Waals surface area contributed by atoms with E-state index in [1.54, 1.807) is 6.92 Å². The smallest absolute Gasteiger partial charge is 0.325 e. The lowest BCUT2D eigenvalue weighted by Crippen LogP contribution is -2.39. The van der Waals surface area contributed by atoms with E-state index in [4.69, 9.17) is 4.74 Å². The Morgan fingerprint density at radius 2 is 1.84 bits per heavy atom. The molecule has 5 heteroatoms. The highest BCUT2D eigenvalue weighted by atomic mass is 16.5. The molecule has 0 aliphatic carbocycles. The van der Waals surface area contributed by atoms with E-state index in [9.17, 15) is 9.59 Å². The molecular weight excluding hydrogens is 244 g/mol. The topological polar surface area (TPSA) is 67.4 Å². The van der Waals surface area contributed by atoms with Gasteiger partial charge in [-0.1, -0.05) is 29.8 Å². The van der Waals surface area contributed by atoms with Crippen LogP contribution in [-0.4, -0.2) is 31.7 Å². The van der Waals surface area contributed by atoms with Crippen molar-refractivity contribution in [2.75, 3.05) is 19.7 Å². The number of hydrogen-bond donors (Lipinski definition) is 2. The van der Waals surface area contributed by atoms with E-state index < -0.39 is 5.97 Å². The van der Waals surface area contributed by atoms with Crippen LogP contribution in [0.4, 0.5) is 4.79 Å². The fraction of sp³-hybridized carbons (Fsp3) is 0.429. The molecule has 0 saturated carbocycles. The lowest BCUT2D eigenvalue weighted by atomic mass is 10.1. The lowest BCUT2D eigenvalue weighted by molar-refractivity contribution is -0.141. The second-order valence-electron chi connectivity index (χ2n) is 4.15. The number of carbonyl (C=O) groups excluding carboxylic acids is 2. The van der Waals surface area contributed by atoms with Gasteiger partial charge in [-0.15, -0.1) is 0 Å². The van der Waals surface area contributed by atoms with Gasteiger partial charge in [0.15, 0.2) is 0 Å². The third kappa shape index (κ3) is 6.45. The normalized spacial score (nSPS) is 9.79. The number of ether oxygens (including phenoxy) is 1. The first-order valence-corrected chi connectivity index (χ1v) is 6.34. The first kappa shape index (κ1) is 15.0. The van der Waals surface area contributed by atoms with Crippen LogP contribution in [0.2, 0.25) is 0 Å². The average molecular weight is 264 g/mol. The van der Waals surface area contributed by atoms with Gasteiger partial charge in [-0.05, 0) is 25.8 Å². The number of carbonyl (C=O) groups is 2. The maximum absolute atomic E-state index is 11.4. The summed E-state index contributed by atoms with van der Waals surface area (Å²) in [6, 6.07) is 7.79. The fourth-order valence-corrected chi connectivity index (χ4v) is 1.50. The molecule has 0 aliphatic heterocycles. The zero-order valence-corrected chi connectivity index (χ0v) is 11.4. The number of amides is 2. The summed E-state index contributed by atoms with van der Waals surface area (Å²) in [6.45, 7) is 4.49. The zero-order chi connectivity index (χ0) is 14.1. The molecule has 2 N–H and O–H groups in total. The average Bonchev–Trinajstić information content (AvgIpc) is 2.39. The Hall–Kier alpha value is -2.04. The second kappa shape index (κ2) is 8.13. The minimum atomic E-state index is -0.434. The van der Waals surface area contributed by atoms with Gasteiger partial charge in [-0.2, -0.15) is 0 Å². The van der Waals surface area contributed by atoms with Crippen molar-refractivity contribution >= 4 is 12.0 Å². The minimum Gasteiger partial charge on any atom is -0.465 e. The molecule has 1 rings (SSSR count). The van der Waals surface area contributed by atoms with Gasteiger partial charge in [-0.3, -0.25) is 4.79 Å². The van der Waals surface area contributed by atoms with Crippen LogP contribution in [0.3, 0.4) is 0 Å². The number of urea groups is 1. The predicted octanol–water partition coefficient (Wildman–Crippen LogP) is 1.40. The summed E-state index contributed by atoms with van der Waals surface area (Å²) >= 11 is 0. The van der Waals surface area contributed by atoms with Gasteiger partial charge in [0, 0.05) is 6.54 Å². The molecule has 0 atom stereocenters. The molecule has 1 aromatic carbocycles. The standard InChI is InChI=1S/C14H20N2O3/c1-3-19-13(17)10-16-14(18)15-9-8-12-6-4-11(2)5-7-12/h4-7H,3,8-10H2,1-2H3,(H2,15,16,18). The van der Waals surface area contributed by atoms with E-state index in [0.717, 1.165) is 12.0 Å². The van der Waals surface area contributed by atoms with Crippen LogP contribution in [0.15, 0.2) is 24.3 Å². The molecule has 104 valence electrons. The van der Waals surface area contributed by atoms with Gasteiger partial charge in [0.25, 0.3) is 0 Å². The summed E-state index contributed by atoms with van der Waals surface area (Å²) in [5, 5.41) is 5.12. The predicted molar refractivity (Wildman–Crippen MR) is 72.9 cm³/mol. The summed E-state index contributed by atoms with van der Waals surface area (Å²) in [4.78, 5) is 22.4. The quantitative estimate of drug-likeness (QED) is 0.763. The number of nitrogens with one attached hydrogen (secondary N) is 2. The van der Waals surface area contributed by atoms with Crippen LogP contribution in [0.25, 0.3) is 0 Å². The molecule has 0 saturated heterocycles. The molecule has 0 spiro atoms. The molecule has 2 amide bonds. The Kier molecular flexibility index (Phi) is 6.43. The molecule has 19 heavy (non-hydrogen) atoms. The van der Waals surface area contributed by atoms with E-state index in [1.807, 2.05) is 31.2 Å². The number of benzene rings is 1. The molecule has 1 aromatic rings. The van der Waals surface area contributed by atoms with E-state index in [-0.39, 0.29) is 12.6 Å². The number of rotatable bonds is 6. The van der Waals surface area contributed by atoms with E-state index >= 15 is 0 Å². The molecule has 0 radical (unpaired) electrons. The molecule has 0 aliphatic rings. The highest BCUT2D eigenvalue weighted by Crippen LogP contribution is 2.02. The van der Waals surface area contributed by atoms with E-state index in [0.29, 0.717) is 13.2 Å². The highest BCUT2D eigenvalue weighted by Gasteiger charge is 2.04. The summed E-state index contributed by atoms with van der Waals surface area (Å²) in [7, 11) is 0. The maximum atomic E-state index is 11.4. The van der Waals surface area contributed by atoms with Crippen LogP contribution in [-0.2, 0) is 16.0 Å². The second-order valence-corrected chi connectivity index (χ2v) is 4.15. The molecular formula is C14H20N2O3. The highest BCUT2D eigenvalue weighted by molar-refractivity contribution is 5.80. The molecule has 0 aromatic heterocycles. The zero-order valence-electron chi connectivity index (χ0n) is 11.4. The van der Waals surface area contributed by atoms with Crippen molar-refractivity contribution in [2.45, 2.75) is 20.3 Å². The van der Waals surface area contributed by atoms with Crippen molar-refractivity contribution in [2.24, 2.45) is 0 Å². The maximum Gasteiger partial charge on any atom is 0.325 e. The Morgan fingerprint density at radius 3 is 2.47 bits per heavy atom. The van der Waals surface area contributed by atoms with Gasteiger partial charge >= 0.3 is 12.0 Å². The summed E-state index contributed by atoms with van der Waals surface area (Å²) in [5.74, 6) is -0.434. The van der Waals surface area contributed by atoms with Crippen LogP contribution >= 0.6 is 0 Å². The Bertz CT molecular complexity index is 415. The summed E-state index contributed by atoms with van der Waals surface area (Å²) in [6.07, 6.45) is 0.757. The van der Waals surface area contributed by atoms with E-state index in [2.05, 4.69) is 10.6 Å². The van der Waals surface area contributed by atoms with Gasteiger partial charge in [0.2, 0.25) is 0 Å². The van der Waals surface area contributed by atoms with Crippen molar-refractivity contribution in [1.29, 1.82) is 0 Å². The lowest BCUT2D eigenvalue weighted by Gasteiger charge is -2.07. The minimum absolute atomic E-state index is 0.107. The van der Waals surface area contributed by atoms with Crippen molar-refractivity contribution < 1.29 is 14.3 Å². The Labute approximate surface area is 113 Å². The van der Waals surface area contributed by atoms with Gasteiger partial charge in [0.05, 0.1) is 6.61 Å². The van der Waals surface area contributed by atoms with Gasteiger partial charge in [0.1, 0.15) is 6.54 Å². The van der Waals surface area contributed by atoms with Crippen molar-refractivity contribution in [3.8, 4) is 0 Å². The number of hydrogen-bond acceptors (Lipinski definition) is 3. The van der Waals surface area contributed by atoms with Crippen molar-refractivity contribution in [3.05, 3.63) is 35.4 Å². The van der Waals surface area contributed by atoms with Crippen molar-refractivity contribution in [3.63, 3.8) is 0 Å². The Balaban J connectivity index is 2.16. The first-order chi connectivity index (χ1) is 9.11. The number of esters is 1. The number of aryl methyl sites for hydroxylation is 1. The summed E-state index contributed by atoms with van der Waals surface area (Å²) < 4.78 is 4.70. The van der Waals surface area contributed by atoms with Crippen LogP contribution in [0.5, 0.6) is 0 Å². The largest absolute Gasteiger partial charge is 0.465 e. The monoisotopic (exact) mass is 264 g/mol. The third-order valence-electron chi connectivity index (χ3n) is 2.52. The van der Waals surface area contributed by atoms with Gasteiger partial charge < -0.3 is 15.4 Å². The molecule has 5 nitrogen and oxygen atoms in total. The van der Waals surface area contributed by atoms with E-state index in [1.165, 1.54) is 5.56 Å². The Morgan fingerprint density at radius 1 is 1.16 bits per heavy atom. The van der Waals surface area contributed by atoms with Crippen LogP contribution in [0, 0.1) is 6.92 Å². The summed E-state index contributed by atoms with van der Waals surface area (Å²) in [5.41, 5.74) is 2.38. The SMILES string of the molecule is CCOC(=O)CNC(=O)NCCc1ccc(C)cc1. The van der Waals surface area contributed by atoms with Crippen molar-refractivity contribution in [1.82, 2.24) is 10.6 Å².